The lowest BCUT2D eigenvalue weighted by molar-refractivity contribution is -0.137. The molecule has 0 saturated carbocycles. The highest BCUT2D eigenvalue weighted by atomic mass is 16.4. The van der Waals surface area contributed by atoms with Crippen molar-refractivity contribution in [3.8, 4) is 0 Å². The average molecular weight is 206 g/mol. The zero-order valence-electron chi connectivity index (χ0n) is 9.36. The Kier molecular flexibility index (Phi) is 4.35. The zero-order chi connectivity index (χ0) is 11.3. The Labute approximate surface area is 90.9 Å². The van der Waals surface area contributed by atoms with Crippen LogP contribution >= 0.6 is 0 Å². The third-order valence-electron chi connectivity index (χ3n) is 2.75. The Hall–Kier alpha value is -1.31. The van der Waals surface area contributed by atoms with Gasteiger partial charge in [0.1, 0.15) is 0 Å². The van der Waals surface area contributed by atoms with E-state index in [9.17, 15) is 4.79 Å². The van der Waals surface area contributed by atoms with Crippen LogP contribution in [0.2, 0.25) is 0 Å². The van der Waals surface area contributed by atoms with Crippen molar-refractivity contribution >= 4 is 5.97 Å². The van der Waals surface area contributed by atoms with Crippen LogP contribution in [-0.4, -0.2) is 11.1 Å². The third kappa shape index (κ3) is 3.74. The third-order valence-corrected chi connectivity index (χ3v) is 2.75. The molecular weight excluding hydrogens is 188 g/mol. The standard InChI is InChI=1S/C13H18O2/c1-3-11-5-7-12(8-6-11)10(2)4-9-13(14)15/h5-8,10H,3-4,9H2,1-2H3,(H,14,15)/t10-/m1/s1. The Bertz CT molecular complexity index is 314. The first kappa shape index (κ1) is 11.8. The van der Waals surface area contributed by atoms with E-state index >= 15 is 0 Å². The van der Waals surface area contributed by atoms with Crippen molar-refractivity contribution in [1.29, 1.82) is 0 Å². The van der Waals surface area contributed by atoms with E-state index in [0.29, 0.717) is 12.3 Å². The van der Waals surface area contributed by atoms with Gasteiger partial charge in [-0.1, -0.05) is 38.1 Å². The molecule has 0 aromatic heterocycles. The van der Waals surface area contributed by atoms with Gasteiger partial charge < -0.3 is 5.11 Å². The maximum Gasteiger partial charge on any atom is 0.303 e. The number of carbonyl (C=O) groups is 1. The van der Waals surface area contributed by atoms with E-state index in [1.165, 1.54) is 11.1 Å². The van der Waals surface area contributed by atoms with E-state index in [4.69, 9.17) is 5.11 Å². The number of hydrogen-bond acceptors (Lipinski definition) is 1. The SMILES string of the molecule is CCc1ccc([C@H](C)CCC(=O)O)cc1. The summed E-state index contributed by atoms with van der Waals surface area (Å²) in [5.41, 5.74) is 2.55. The highest BCUT2D eigenvalue weighted by molar-refractivity contribution is 5.66. The molecule has 1 aromatic carbocycles. The van der Waals surface area contributed by atoms with Crippen molar-refractivity contribution in [1.82, 2.24) is 0 Å². The summed E-state index contributed by atoms with van der Waals surface area (Å²) < 4.78 is 0. The zero-order valence-corrected chi connectivity index (χ0v) is 9.36. The van der Waals surface area contributed by atoms with Crippen molar-refractivity contribution in [2.75, 3.05) is 0 Å². The molecular formula is C13H18O2. The molecule has 0 bridgehead atoms. The minimum absolute atomic E-state index is 0.247. The van der Waals surface area contributed by atoms with Gasteiger partial charge in [-0.2, -0.15) is 0 Å². The summed E-state index contributed by atoms with van der Waals surface area (Å²) in [7, 11) is 0. The lowest BCUT2D eigenvalue weighted by Gasteiger charge is -2.10. The van der Waals surface area contributed by atoms with Crippen LogP contribution < -0.4 is 0 Å². The van der Waals surface area contributed by atoms with Gasteiger partial charge >= 0.3 is 5.97 Å². The van der Waals surface area contributed by atoms with Gasteiger partial charge in [0.05, 0.1) is 0 Å². The molecule has 0 spiro atoms. The fourth-order valence-electron chi connectivity index (χ4n) is 1.59. The molecule has 2 heteroatoms. The van der Waals surface area contributed by atoms with Crippen LogP contribution in [0.15, 0.2) is 24.3 Å². The molecule has 0 radical (unpaired) electrons. The Morgan fingerprint density at radius 3 is 2.40 bits per heavy atom. The molecule has 0 saturated heterocycles. The maximum absolute atomic E-state index is 10.4. The summed E-state index contributed by atoms with van der Waals surface area (Å²) in [6.07, 6.45) is 2.00. The molecule has 0 aliphatic carbocycles. The highest BCUT2D eigenvalue weighted by Gasteiger charge is 2.07. The molecule has 1 rings (SSSR count). The first-order chi connectivity index (χ1) is 7.13. The maximum atomic E-state index is 10.4. The van der Waals surface area contributed by atoms with Gasteiger partial charge in [-0.25, -0.2) is 0 Å². The van der Waals surface area contributed by atoms with Gasteiger partial charge in [-0.05, 0) is 29.9 Å². The fourth-order valence-corrected chi connectivity index (χ4v) is 1.59. The smallest absolute Gasteiger partial charge is 0.303 e. The number of carboxylic acid groups (broad SMARTS) is 1. The molecule has 1 N–H and O–H groups in total. The van der Waals surface area contributed by atoms with Gasteiger partial charge in [-0.15, -0.1) is 0 Å². The lowest BCUT2D eigenvalue weighted by Crippen LogP contribution is -2.00. The van der Waals surface area contributed by atoms with Crippen LogP contribution in [0, 0.1) is 0 Å². The van der Waals surface area contributed by atoms with Crippen molar-refractivity contribution in [3.05, 3.63) is 35.4 Å². The Balaban J connectivity index is 2.57. The molecule has 1 atom stereocenters. The minimum atomic E-state index is -0.716. The number of aliphatic carboxylic acids is 1. The second kappa shape index (κ2) is 5.54. The second-order valence-corrected chi connectivity index (χ2v) is 3.93. The van der Waals surface area contributed by atoms with Crippen LogP contribution in [0.25, 0.3) is 0 Å². The van der Waals surface area contributed by atoms with Crippen molar-refractivity contribution in [2.45, 2.75) is 39.0 Å². The van der Waals surface area contributed by atoms with Crippen LogP contribution in [0.5, 0.6) is 0 Å². The van der Waals surface area contributed by atoms with Crippen LogP contribution in [0.4, 0.5) is 0 Å². The fraction of sp³-hybridized carbons (Fsp3) is 0.462. The molecule has 0 fully saturated rings. The monoisotopic (exact) mass is 206 g/mol. The predicted octanol–water partition coefficient (Wildman–Crippen LogP) is 3.22. The van der Waals surface area contributed by atoms with Gasteiger partial charge in [0.15, 0.2) is 0 Å². The summed E-state index contributed by atoms with van der Waals surface area (Å²) in [5.74, 6) is -0.390. The van der Waals surface area contributed by atoms with E-state index in [2.05, 4.69) is 38.1 Å². The van der Waals surface area contributed by atoms with Crippen LogP contribution in [0.3, 0.4) is 0 Å². The topological polar surface area (TPSA) is 37.3 Å². The summed E-state index contributed by atoms with van der Waals surface area (Å²) in [5, 5.41) is 8.59. The van der Waals surface area contributed by atoms with E-state index in [1.54, 1.807) is 0 Å². The van der Waals surface area contributed by atoms with Crippen molar-refractivity contribution in [2.24, 2.45) is 0 Å². The molecule has 0 unspecified atom stereocenters. The molecule has 0 amide bonds. The molecule has 1 aromatic rings. The minimum Gasteiger partial charge on any atom is -0.481 e. The molecule has 0 heterocycles. The van der Waals surface area contributed by atoms with Gasteiger partial charge in [-0.3, -0.25) is 4.79 Å². The average Bonchev–Trinajstić information content (AvgIpc) is 2.26. The van der Waals surface area contributed by atoms with Gasteiger partial charge in [0.25, 0.3) is 0 Å². The number of rotatable bonds is 5. The number of hydrogen-bond donors (Lipinski definition) is 1. The number of carboxylic acids is 1. The van der Waals surface area contributed by atoms with Crippen molar-refractivity contribution in [3.63, 3.8) is 0 Å². The van der Waals surface area contributed by atoms with E-state index in [1.807, 2.05) is 0 Å². The molecule has 0 aliphatic heterocycles. The summed E-state index contributed by atoms with van der Waals surface area (Å²) >= 11 is 0. The number of benzene rings is 1. The van der Waals surface area contributed by atoms with Crippen molar-refractivity contribution < 1.29 is 9.90 Å². The molecule has 0 aliphatic rings. The van der Waals surface area contributed by atoms with Gasteiger partial charge in [0.2, 0.25) is 0 Å². The lowest BCUT2D eigenvalue weighted by atomic mass is 9.95. The van der Waals surface area contributed by atoms with Crippen LogP contribution in [-0.2, 0) is 11.2 Å². The van der Waals surface area contributed by atoms with Crippen LogP contribution in [0.1, 0.15) is 43.7 Å². The molecule has 82 valence electrons. The molecule has 15 heavy (non-hydrogen) atoms. The normalized spacial score (nSPS) is 12.4. The largest absolute Gasteiger partial charge is 0.481 e. The Morgan fingerprint density at radius 2 is 1.93 bits per heavy atom. The first-order valence-corrected chi connectivity index (χ1v) is 5.44. The summed E-state index contributed by atoms with van der Waals surface area (Å²) in [4.78, 5) is 10.4. The van der Waals surface area contributed by atoms with E-state index < -0.39 is 5.97 Å². The summed E-state index contributed by atoms with van der Waals surface area (Å²) in [6, 6.07) is 8.44. The Morgan fingerprint density at radius 1 is 1.33 bits per heavy atom. The summed E-state index contributed by atoms with van der Waals surface area (Å²) in [6.45, 7) is 4.20. The van der Waals surface area contributed by atoms with E-state index in [0.717, 1.165) is 6.42 Å². The predicted molar refractivity (Wildman–Crippen MR) is 61.1 cm³/mol. The van der Waals surface area contributed by atoms with E-state index in [-0.39, 0.29) is 6.42 Å². The highest BCUT2D eigenvalue weighted by Crippen LogP contribution is 2.20. The second-order valence-electron chi connectivity index (χ2n) is 3.93. The number of aryl methyl sites for hydroxylation is 1. The van der Waals surface area contributed by atoms with Gasteiger partial charge in [0, 0.05) is 6.42 Å². The molecule has 2 nitrogen and oxygen atoms in total. The quantitative estimate of drug-likeness (QED) is 0.803. The first-order valence-electron chi connectivity index (χ1n) is 5.44.